The number of Topliss-reactive ketones (excluding diaryl/α,β-unsaturated/α-hetero) is 1. The van der Waals surface area contributed by atoms with Gasteiger partial charge >= 0.3 is 0 Å². The van der Waals surface area contributed by atoms with Crippen molar-refractivity contribution in [1.29, 1.82) is 0 Å². The van der Waals surface area contributed by atoms with E-state index in [9.17, 15) is 9.90 Å². The molecule has 0 aromatic rings. The Morgan fingerprint density at radius 3 is 2.47 bits per heavy atom. The maximum atomic E-state index is 12.5. The minimum atomic E-state index is -0.759. The van der Waals surface area contributed by atoms with E-state index in [1.165, 1.54) is 6.42 Å². The molecule has 0 aromatic heterocycles. The van der Waals surface area contributed by atoms with E-state index in [0.29, 0.717) is 18.1 Å². The van der Waals surface area contributed by atoms with Crippen molar-refractivity contribution >= 4 is 5.78 Å². The molecule has 2 nitrogen and oxygen atoms in total. The second kappa shape index (κ2) is 2.79. The smallest absolute Gasteiger partial charge is 0.142 e. The number of ketones is 1. The summed E-state index contributed by atoms with van der Waals surface area (Å²) in [5.41, 5.74) is -0.644. The number of aliphatic hydroxyl groups is 1. The Balaban J connectivity index is 2.13. The van der Waals surface area contributed by atoms with E-state index in [2.05, 4.69) is 20.8 Å². The molecule has 0 aromatic carbocycles. The van der Waals surface area contributed by atoms with E-state index in [-0.39, 0.29) is 16.2 Å². The first kappa shape index (κ1) is 11.7. The first-order valence-electron chi connectivity index (χ1n) is 6.93. The molecular weight excluding hydrogens is 212 g/mol. The largest absolute Gasteiger partial charge is 0.389 e. The minimum absolute atomic E-state index is 0.0804. The van der Waals surface area contributed by atoms with Crippen molar-refractivity contribution in [3.63, 3.8) is 0 Å². The highest BCUT2D eigenvalue weighted by atomic mass is 16.3. The molecule has 2 heteroatoms. The zero-order valence-corrected chi connectivity index (χ0v) is 11.5. The van der Waals surface area contributed by atoms with Crippen LogP contribution >= 0.6 is 0 Å². The summed E-state index contributed by atoms with van der Waals surface area (Å²) in [5.74, 6) is 0.650. The molecule has 17 heavy (non-hydrogen) atoms. The molecule has 0 radical (unpaired) electrons. The van der Waals surface area contributed by atoms with Gasteiger partial charge in [-0.25, -0.2) is 0 Å². The van der Waals surface area contributed by atoms with Crippen LogP contribution in [0.3, 0.4) is 0 Å². The highest BCUT2D eigenvalue weighted by molar-refractivity contribution is 5.89. The molecular formula is C15H24O2. The van der Waals surface area contributed by atoms with Crippen LogP contribution in [0.5, 0.6) is 0 Å². The van der Waals surface area contributed by atoms with Gasteiger partial charge in [0.1, 0.15) is 5.78 Å². The average Bonchev–Trinajstić information content (AvgIpc) is 2.90. The summed E-state index contributed by atoms with van der Waals surface area (Å²) in [6.45, 7) is 8.65. The second-order valence-corrected chi connectivity index (χ2v) is 7.75. The maximum Gasteiger partial charge on any atom is 0.142 e. The van der Waals surface area contributed by atoms with Gasteiger partial charge in [-0.15, -0.1) is 0 Å². The molecule has 4 atom stereocenters. The van der Waals surface area contributed by atoms with Crippen LogP contribution in [-0.2, 0) is 4.79 Å². The normalized spacial score (nSPS) is 56.1. The van der Waals surface area contributed by atoms with E-state index in [1.54, 1.807) is 0 Å². The van der Waals surface area contributed by atoms with E-state index in [0.717, 1.165) is 19.3 Å². The van der Waals surface area contributed by atoms with Crippen LogP contribution in [0.1, 0.15) is 59.8 Å². The van der Waals surface area contributed by atoms with Gasteiger partial charge in [-0.1, -0.05) is 27.2 Å². The number of hydrogen-bond acceptors (Lipinski definition) is 2. The van der Waals surface area contributed by atoms with Crippen LogP contribution in [0, 0.1) is 22.2 Å². The van der Waals surface area contributed by atoms with Crippen LogP contribution in [-0.4, -0.2) is 16.5 Å². The van der Waals surface area contributed by atoms with Crippen LogP contribution in [0.15, 0.2) is 0 Å². The molecule has 3 aliphatic carbocycles. The molecule has 1 N–H and O–H groups in total. The third-order valence-electron chi connectivity index (χ3n) is 6.52. The van der Waals surface area contributed by atoms with Crippen LogP contribution < -0.4 is 0 Å². The molecule has 3 saturated carbocycles. The number of carbonyl (C=O) groups excluding carboxylic acids is 1. The number of rotatable bonds is 0. The van der Waals surface area contributed by atoms with Gasteiger partial charge in [-0.3, -0.25) is 4.79 Å². The lowest BCUT2D eigenvalue weighted by molar-refractivity contribution is -0.162. The summed E-state index contributed by atoms with van der Waals surface area (Å²) in [6, 6.07) is 0. The first-order valence-corrected chi connectivity index (χ1v) is 6.93. The molecule has 1 spiro atoms. The Hall–Kier alpha value is -0.370. The Morgan fingerprint density at radius 1 is 1.18 bits per heavy atom. The van der Waals surface area contributed by atoms with Crippen molar-refractivity contribution in [2.75, 3.05) is 0 Å². The van der Waals surface area contributed by atoms with Crippen molar-refractivity contribution in [1.82, 2.24) is 0 Å². The van der Waals surface area contributed by atoms with Crippen molar-refractivity contribution in [2.24, 2.45) is 22.2 Å². The third-order valence-corrected chi connectivity index (χ3v) is 6.52. The standard InChI is InChI=1S/C15H24O2/c1-12(2)6-5-7-13(3)11(16)9-14(4,17)10-8-15(10,12)13/h10,17H,5-9H2,1-4H3/t10-,13-,14+,15-/m0/s1. The Kier molecular flexibility index (Phi) is 1.92. The molecule has 0 amide bonds. The topological polar surface area (TPSA) is 37.3 Å². The fourth-order valence-electron chi connectivity index (χ4n) is 5.48. The van der Waals surface area contributed by atoms with E-state index in [4.69, 9.17) is 0 Å². The van der Waals surface area contributed by atoms with Gasteiger partial charge in [-0.05, 0) is 42.9 Å². The predicted octanol–water partition coefficient (Wildman–Crippen LogP) is 2.93. The van der Waals surface area contributed by atoms with E-state index >= 15 is 0 Å². The molecule has 96 valence electrons. The SMILES string of the molecule is CC1(C)CCC[C@@]2(C)C(=O)C[C@@](C)(O)[C@@H]3C[C@]312. The molecule has 3 aliphatic rings. The van der Waals surface area contributed by atoms with Crippen LogP contribution in [0.25, 0.3) is 0 Å². The van der Waals surface area contributed by atoms with Gasteiger partial charge in [0.2, 0.25) is 0 Å². The second-order valence-electron chi connectivity index (χ2n) is 7.75. The Labute approximate surface area is 104 Å². The molecule has 0 saturated heterocycles. The zero-order valence-electron chi connectivity index (χ0n) is 11.5. The fraction of sp³-hybridized carbons (Fsp3) is 0.933. The quantitative estimate of drug-likeness (QED) is 0.702. The molecule has 3 rings (SSSR count). The van der Waals surface area contributed by atoms with Gasteiger partial charge in [0.25, 0.3) is 0 Å². The molecule has 0 unspecified atom stereocenters. The van der Waals surface area contributed by atoms with Crippen molar-refractivity contribution < 1.29 is 9.90 Å². The third kappa shape index (κ3) is 1.09. The monoisotopic (exact) mass is 236 g/mol. The Morgan fingerprint density at radius 2 is 1.82 bits per heavy atom. The summed E-state index contributed by atoms with van der Waals surface area (Å²) in [6.07, 6.45) is 4.80. The lowest BCUT2D eigenvalue weighted by Gasteiger charge is -2.56. The van der Waals surface area contributed by atoms with Gasteiger partial charge in [0.05, 0.1) is 5.60 Å². The fourth-order valence-corrected chi connectivity index (χ4v) is 5.48. The Bertz CT molecular complexity index is 396. The zero-order chi connectivity index (χ0) is 12.7. The van der Waals surface area contributed by atoms with Crippen molar-refractivity contribution in [2.45, 2.75) is 65.4 Å². The van der Waals surface area contributed by atoms with Gasteiger partial charge in [0, 0.05) is 11.8 Å². The predicted molar refractivity (Wildman–Crippen MR) is 66.5 cm³/mol. The lowest BCUT2D eigenvalue weighted by Crippen LogP contribution is -2.57. The number of hydrogen-bond donors (Lipinski definition) is 1. The van der Waals surface area contributed by atoms with Crippen LogP contribution in [0.2, 0.25) is 0 Å². The highest BCUT2D eigenvalue weighted by Crippen LogP contribution is 2.81. The van der Waals surface area contributed by atoms with Crippen LogP contribution in [0.4, 0.5) is 0 Å². The summed E-state index contributed by atoms with van der Waals surface area (Å²) >= 11 is 0. The van der Waals surface area contributed by atoms with Crippen molar-refractivity contribution in [3.05, 3.63) is 0 Å². The van der Waals surface area contributed by atoms with Gasteiger partial charge in [0.15, 0.2) is 0 Å². The molecule has 0 aliphatic heterocycles. The minimum Gasteiger partial charge on any atom is -0.389 e. The summed E-state index contributed by atoms with van der Waals surface area (Å²) in [5, 5.41) is 10.5. The average molecular weight is 236 g/mol. The van der Waals surface area contributed by atoms with Crippen molar-refractivity contribution in [3.8, 4) is 0 Å². The molecule has 0 bridgehead atoms. The summed E-state index contributed by atoms with van der Waals surface area (Å²) < 4.78 is 0. The van der Waals surface area contributed by atoms with E-state index < -0.39 is 5.60 Å². The summed E-state index contributed by atoms with van der Waals surface area (Å²) in [4.78, 5) is 12.5. The lowest BCUT2D eigenvalue weighted by atomic mass is 9.48. The molecule has 0 heterocycles. The molecule has 3 fully saturated rings. The number of carbonyl (C=O) groups is 1. The summed E-state index contributed by atoms with van der Waals surface area (Å²) in [7, 11) is 0. The first-order chi connectivity index (χ1) is 7.67. The van der Waals surface area contributed by atoms with Gasteiger partial charge < -0.3 is 5.11 Å². The van der Waals surface area contributed by atoms with E-state index in [1.807, 2.05) is 6.92 Å². The van der Waals surface area contributed by atoms with Gasteiger partial charge in [-0.2, -0.15) is 0 Å². The maximum absolute atomic E-state index is 12.5. The highest BCUT2D eigenvalue weighted by Gasteiger charge is 2.79.